The van der Waals surface area contributed by atoms with Gasteiger partial charge in [0.25, 0.3) is 10.9 Å². The molecule has 2 aromatic carbocycles. The van der Waals surface area contributed by atoms with Crippen molar-refractivity contribution in [2.24, 2.45) is 0 Å². The van der Waals surface area contributed by atoms with Crippen molar-refractivity contribution >= 4 is 52.2 Å². The van der Waals surface area contributed by atoms with Crippen molar-refractivity contribution in [3.05, 3.63) is 80.4 Å². The molecular weight excluding hydrogens is 432 g/mol. The average Bonchev–Trinajstić information content (AvgIpc) is 3.34. The first kappa shape index (κ1) is 19.7. The molecule has 150 valence electrons. The number of carboxylic acids is 1. The number of carbonyl (C=O) groups is 1. The highest BCUT2D eigenvalue weighted by atomic mass is 35.5. The van der Waals surface area contributed by atoms with Gasteiger partial charge in [-0.1, -0.05) is 23.7 Å². The van der Waals surface area contributed by atoms with Crippen LogP contribution in [0.5, 0.6) is 0 Å². The number of oxazole rings is 1. The normalized spacial score (nSPS) is 11.7. The van der Waals surface area contributed by atoms with Crippen LogP contribution >= 0.6 is 23.4 Å². The van der Waals surface area contributed by atoms with Gasteiger partial charge in [-0.25, -0.2) is 9.78 Å². The van der Waals surface area contributed by atoms with Gasteiger partial charge in [-0.3, -0.25) is 10.1 Å². The zero-order valence-corrected chi connectivity index (χ0v) is 16.5. The van der Waals surface area contributed by atoms with Crippen LogP contribution in [0.4, 0.5) is 5.69 Å². The van der Waals surface area contributed by atoms with Gasteiger partial charge in [-0.05, 0) is 48.2 Å². The first-order valence-corrected chi connectivity index (χ1v) is 9.63. The monoisotopic (exact) mass is 442 g/mol. The van der Waals surface area contributed by atoms with Gasteiger partial charge >= 0.3 is 5.97 Å². The average molecular weight is 443 g/mol. The summed E-state index contributed by atoms with van der Waals surface area (Å²) >= 11 is 6.68. The van der Waals surface area contributed by atoms with Gasteiger partial charge in [0.2, 0.25) is 0 Å². The Morgan fingerprint density at radius 2 is 1.97 bits per heavy atom. The molecule has 0 fully saturated rings. The Hall–Kier alpha value is -3.56. The van der Waals surface area contributed by atoms with Gasteiger partial charge in [-0.2, -0.15) is 0 Å². The van der Waals surface area contributed by atoms with Crippen LogP contribution in [0.3, 0.4) is 0 Å². The number of aromatic nitrogens is 1. The Balaban J connectivity index is 1.63. The summed E-state index contributed by atoms with van der Waals surface area (Å²) in [6, 6.07) is 14.5. The Bertz CT molecular complexity index is 1280. The molecule has 10 heteroatoms. The maximum Gasteiger partial charge on any atom is 0.342 e. The van der Waals surface area contributed by atoms with Gasteiger partial charge in [0, 0.05) is 17.7 Å². The highest BCUT2D eigenvalue weighted by Crippen LogP contribution is 2.34. The van der Waals surface area contributed by atoms with Gasteiger partial charge in [0.05, 0.1) is 4.92 Å². The SMILES string of the molecule is O=C(O)/C(=C/c1ccc(-c2ccc(Cl)c([N+](=O)[O-])c2)o1)Sc1nc2ccccc2o1. The standard InChI is InChI=1S/C20H11ClN2O6S/c21-13-7-5-11(9-15(13)23(26)27)16-8-6-12(28-16)10-18(19(24)25)30-20-22-14-3-1-2-4-17(14)29-20/h1-10H,(H,24,25)/b18-10-. The topological polar surface area (TPSA) is 120 Å². The molecule has 4 aromatic rings. The lowest BCUT2D eigenvalue weighted by Gasteiger charge is -2.00. The van der Waals surface area contributed by atoms with E-state index in [0.29, 0.717) is 22.4 Å². The number of nitrogens with zero attached hydrogens (tertiary/aromatic N) is 2. The number of halogens is 1. The number of rotatable bonds is 6. The van der Waals surface area contributed by atoms with E-state index in [0.717, 1.165) is 11.8 Å². The van der Waals surface area contributed by atoms with E-state index in [2.05, 4.69) is 4.98 Å². The molecular formula is C20H11ClN2O6S. The van der Waals surface area contributed by atoms with Crippen LogP contribution in [0, 0.1) is 10.1 Å². The Labute approximate surface area is 177 Å². The third-order valence-corrected chi connectivity index (χ3v) is 5.19. The second-order valence-electron chi connectivity index (χ2n) is 5.99. The molecule has 0 saturated heterocycles. The summed E-state index contributed by atoms with van der Waals surface area (Å²) in [5.74, 6) is -0.594. The number of hydrogen-bond acceptors (Lipinski definition) is 7. The van der Waals surface area contributed by atoms with E-state index in [1.54, 1.807) is 42.5 Å². The summed E-state index contributed by atoms with van der Waals surface area (Å²) in [6.45, 7) is 0. The molecule has 0 saturated carbocycles. The van der Waals surface area contributed by atoms with E-state index >= 15 is 0 Å². The first-order chi connectivity index (χ1) is 14.4. The molecule has 0 amide bonds. The molecule has 2 heterocycles. The van der Waals surface area contributed by atoms with E-state index in [1.807, 2.05) is 0 Å². The fourth-order valence-electron chi connectivity index (χ4n) is 2.64. The summed E-state index contributed by atoms with van der Waals surface area (Å²) in [4.78, 5) is 26.3. The summed E-state index contributed by atoms with van der Waals surface area (Å²) in [5, 5.41) is 20.8. The number of benzene rings is 2. The zero-order chi connectivity index (χ0) is 21.3. The van der Waals surface area contributed by atoms with Gasteiger partial charge in [-0.15, -0.1) is 0 Å². The third kappa shape index (κ3) is 4.07. The van der Waals surface area contributed by atoms with Crippen LogP contribution < -0.4 is 0 Å². The summed E-state index contributed by atoms with van der Waals surface area (Å²) in [7, 11) is 0. The molecule has 0 atom stereocenters. The number of aliphatic carboxylic acids is 1. The zero-order valence-electron chi connectivity index (χ0n) is 14.9. The second kappa shape index (κ2) is 8.05. The Morgan fingerprint density at radius 1 is 1.17 bits per heavy atom. The molecule has 2 aromatic heterocycles. The van der Waals surface area contributed by atoms with Crippen molar-refractivity contribution in [3.8, 4) is 11.3 Å². The number of fused-ring (bicyclic) bond motifs is 1. The summed E-state index contributed by atoms with van der Waals surface area (Å²) in [6.07, 6.45) is 1.33. The number of carboxylic acid groups (broad SMARTS) is 1. The lowest BCUT2D eigenvalue weighted by atomic mass is 10.1. The number of thioether (sulfide) groups is 1. The molecule has 8 nitrogen and oxygen atoms in total. The molecule has 0 aliphatic carbocycles. The number of furan rings is 1. The number of para-hydroxylation sites is 2. The molecule has 30 heavy (non-hydrogen) atoms. The Morgan fingerprint density at radius 3 is 2.70 bits per heavy atom. The summed E-state index contributed by atoms with van der Waals surface area (Å²) < 4.78 is 11.2. The van der Waals surface area contributed by atoms with Crippen molar-refractivity contribution < 1.29 is 23.7 Å². The highest BCUT2D eigenvalue weighted by molar-refractivity contribution is 8.03. The van der Waals surface area contributed by atoms with Crippen molar-refractivity contribution in [3.63, 3.8) is 0 Å². The lowest BCUT2D eigenvalue weighted by molar-refractivity contribution is -0.384. The smallest absolute Gasteiger partial charge is 0.342 e. The van der Waals surface area contributed by atoms with E-state index in [9.17, 15) is 20.0 Å². The number of nitro groups is 1. The van der Waals surface area contributed by atoms with Crippen molar-refractivity contribution in [1.29, 1.82) is 0 Å². The predicted molar refractivity (Wildman–Crippen MR) is 111 cm³/mol. The Kier molecular flexibility index (Phi) is 5.30. The molecule has 0 aliphatic heterocycles. The van der Waals surface area contributed by atoms with Crippen molar-refractivity contribution in [2.45, 2.75) is 5.22 Å². The molecule has 1 N–H and O–H groups in total. The van der Waals surface area contributed by atoms with Crippen LogP contribution in [0.2, 0.25) is 5.02 Å². The van der Waals surface area contributed by atoms with Gasteiger partial charge in [0.15, 0.2) is 5.58 Å². The van der Waals surface area contributed by atoms with Crippen LogP contribution in [0.25, 0.3) is 28.5 Å². The molecule has 0 aliphatic rings. The van der Waals surface area contributed by atoms with E-state index < -0.39 is 10.9 Å². The van der Waals surface area contributed by atoms with Crippen LogP contribution in [-0.2, 0) is 4.79 Å². The summed E-state index contributed by atoms with van der Waals surface area (Å²) in [5.41, 5.74) is 1.36. The molecule has 0 spiro atoms. The first-order valence-electron chi connectivity index (χ1n) is 8.43. The highest BCUT2D eigenvalue weighted by Gasteiger charge is 2.17. The second-order valence-corrected chi connectivity index (χ2v) is 7.39. The van der Waals surface area contributed by atoms with E-state index in [-0.39, 0.29) is 26.6 Å². The predicted octanol–water partition coefficient (Wildman–Crippen LogP) is 5.87. The van der Waals surface area contributed by atoms with Crippen LogP contribution in [0.15, 0.2) is 73.6 Å². The van der Waals surface area contributed by atoms with Gasteiger partial charge < -0.3 is 13.9 Å². The van der Waals surface area contributed by atoms with Crippen molar-refractivity contribution in [2.75, 3.05) is 0 Å². The minimum absolute atomic E-state index is 0.0123. The minimum atomic E-state index is -1.18. The molecule has 0 bridgehead atoms. The van der Waals surface area contributed by atoms with E-state index in [4.69, 9.17) is 20.4 Å². The fourth-order valence-corrected chi connectivity index (χ4v) is 3.56. The van der Waals surface area contributed by atoms with E-state index in [1.165, 1.54) is 18.2 Å². The lowest BCUT2D eigenvalue weighted by Crippen LogP contribution is -1.96. The van der Waals surface area contributed by atoms with Crippen LogP contribution in [-0.4, -0.2) is 21.0 Å². The maximum atomic E-state index is 11.7. The molecule has 0 radical (unpaired) electrons. The largest absolute Gasteiger partial charge is 0.477 e. The fraction of sp³-hybridized carbons (Fsp3) is 0. The molecule has 4 rings (SSSR count). The maximum absolute atomic E-state index is 11.7. The molecule has 0 unspecified atom stereocenters. The quantitative estimate of drug-likeness (QED) is 0.170. The minimum Gasteiger partial charge on any atom is -0.477 e. The number of nitro benzene ring substituents is 1. The van der Waals surface area contributed by atoms with Crippen molar-refractivity contribution in [1.82, 2.24) is 4.98 Å². The third-order valence-electron chi connectivity index (χ3n) is 4.01. The van der Waals surface area contributed by atoms with Crippen LogP contribution in [0.1, 0.15) is 5.76 Å². The number of hydrogen-bond donors (Lipinski definition) is 1. The van der Waals surface area contributed by atoms with Gasteiger partial charge in [0.1, 0.15) is 27.0 Å².